The minimum atomic E-state index is 0.442. The zero-order valence-corrected chi connectivity index (χ0v) is 13.2. The minimum absolute atomic E-state index is 0.442. The number of anilines is 1. The van der Waals surface area contributed by atoms with Crippen molar-refractivity contribution in [3.05, 3.63) is 57.0 Å². The number of ether oxygens (including phenoxy) is 1. The van der Waals surface area contributed by atoms with Crippen LogP contribution < -0.4 is 10.1 Å². The van der Waals surface area contributed by atoms with E-state index in [1.807, 2.05) is 31.2 Å². The van der Waals surface area contributed by atoms with Gasteiger partial charge in [-0.15, -0.1) is 0 Å². The summed E-state index contributed by atoms with van der Waals surface area (Å²) in [5, 5.41) is 4.69. The smallest absolute Gasteiger partial charge is 0.124 e. The maximum Gasteiger partial charge on any atom is 0.124 e. The minimum Gasteiger partial charge on any atom is -0.494 e. The first-order chi connectivity index (χ1) is 9.61. The molecular weight excluding hydrogens is 317 g/mol. The van der Waals surface area contributed by atoms with Crippen LogP contribution in [-0.2, 0) is 6.54 Å². The second kappa shape index (κ2) is 7.07. The summed E-state index contributed by atoms with van der Waals surface area (Å²) in [5.41, 5.74) is 1.80. The average molecular weight is 331 g/mol. The molecule has 1 N–H and O–H groups in total. The standard InChI is InChI=1S/C15H14Cl3NO/c1-2-20-15-6-4-3-5-10(15)9-19-14-8-12(17)11(16)7-13(14)18/h3-8,19H,2,9H2,1H3. The number of halogens is 3. The van der Waals surface area contributed by atoms with Crippen LogP contribution in [0.2, 0.25) is 15.1 Å². The maximum absolute atomic E-state index is 6.13. The summed E-state index contributed by atoms with van der Waals surface area (Å²) < 4.78 is 5.58. The summed E-state index contributed by atoms with van der Waals surface area (Å²) in [6, 6.07) is 11.2. The second-order valence-corrected chi connectivity index (χ2v) is 5.36. The van der Waals surface area contributed by atoms with E-state index < -0.39 is 0 Å². The molecule has 5 heteroatoms. The van der Waals surface area contributed by atoms with Crippen molar-refractivity contribution >= 4 is 40.5 Å². The summed E-state index contributed by atoms with van der Waals surface area (Å²) in [6.45, 7) is 3.18. The largest absolute Gasteiger partial charge is 0.494 e. The highest BCUT2D eigenvalue weighted by Gasteiger charge is 2.07. The van der Waals surface area contributed by atoms with Gasteiger partial charge in [-0.05, 0) is 25.1 Å². The summed E-state index contributed by atoms with van der Waals surface area (Å²) in [6.07, 6.45) is 0. The fourth-order valence-corrected chi connectivity index (χ4v) is 2.41. The Labute approximate surface area is 133 Å². The highest BCUT2D eigenvalue weighted by atomic mass is 35.5. The first-order valence-electron chi connectivity index (χ1n) is 6.21. The number of nitrogens with one attached hydrogen (secondary N) is 1. The van der Waals surface area contributed by atoms with E-state index in [9.17, 15) is 0 Å². The van der Waals surface area contributed by atoms with Crippen LogP contribution >= 0.6 is 34.8 Å². The fourth-order valence-electron chi connectivity index (χ4n) is 1.79. The first-order valence-corrected chi connectivity index (χ1v) is 7.34. The third kappa shape index (κ3) is 3.72. The van der Waals surface area contributed by atoms with Gasteiger partial charge >= 0.3 is 0 Å². The molecule has 0 aliphatic heterocycles. The molecule has 2 rings (SSSR count). The summed E-state index contributed by atoms with van der Waals surface area (Å²) in [4.78, 5) is 0. The second-order valence-electron chi connectivity index (χ2n) is 4.14. The molecule has 0 radical (unpaired) electrons. The molecule has 0 unspecified atom stereocenters. The van der Waals surface area contributed by atoms with E-state index in [0.717, 1.165) is 17.0 Å². The lowest BCUT2D eigenvalue weighted by Gasteiger charge is -2.13. The molecule has 0 aliphatic rings. The van der Waals surface area contributed by atoms with Gasteiger partial charge < -0.3 is 10.1 Å². The zero-order valence-electron chi connectivity index (χ0n) is 10.9. The Hall–Kier alpha value is -1.09. The number of benzene rings is 2. The Balaban J connectivity index is 2.15. The van der Waals surface area contributed by atoms with Crippen LogP contribution in [-0.4, -0.2) is 6.61 Å². The maximum atomic E-state index is 6.13. The molecule has 2 nitrogen and oxygen atoms in total. The van der Waals surface area contributed by atoms with E-state index in [1.54, 1.807) is 12.1 Å². The Morgan fingerprint density at radius 3 is 2.45 bits per heavy atom. The summed E-state index contributed by atoms with van der Waals surface area (Å²) in [7, 11) is 0. The molecule has 2 aromatic carbocycles. The van der Waals surface area contributed by atoms with E-state index in [1.165, 1.54) is 0 Å². The lowest BCUT2D eigenvalue weighted by atomic mass is 10.2. The monoisotopic (exact) mass is 329 g/mol. The van der Waals surface area contributed by atoms with E-state index >= 15 is 0 Å². The molecule has 0 spiro atoms. The Morgan fingerprint density at radius 2 is 1.70 bits per heavy atom. The fraction of sp³-hybridized carbons (Fsp3) is 0.200. The van der Waals surface area contributed by atoms with Gasteiger partial charge in [0, 0.05) is 12.1 Å². The lowest BCUT2D eigenvalue weighted by molar-refractivity contribution is 0.337. The van der Waals surface area contributed by atoms with Gasteiger partial charge in [0.2, 0.25) is 0 Å². The SMILES string of the molecule is CCOc1ccccc1CNc1cc(Cl)c(Cl)cc1Cl. The molecule has 106 valence electrons. The van der Waals surface area contributed by atoms with Crippen molar-refractivity contribution in [2.75, 3.05) is 11.9 Å². The van der Waals surface area contributed by atoms with Crippen LogP contribution in [0.3, 0.4) is 0 Å². The van der Waals surface area contributed by atoms with Gasteiger partial charge in [-0.25, -0.2) is 0 Å². The van der Waals surface area contributed by atoms with E-state index in [4.69, 9.17) is 39.5 Å². The Morgan fingerprint density at radius 1 is 1.00 bits per heavy atom. The van der Waals surface area contributed by atoms with Gasteiger partial charge in [0.05, 0.1) is 27.4 Å². The van der Waals surface area contributed by atoms with Crippen molar-refractivity contribution in [1.82, 2.24) is 0 Å². The van der Waals surface area contributed by atoms with E-state index in [-0.39, 0.29) is 0 Å². The van der Waals surface area contributed by atoms with Crippen LogP contribution in [0.4, 0.5) is 5.69 Å². The highest BCUT2D eigenvalue weighted by Crippen LogP contribution is 2.32. The van der Waals surface area contributed by atoms with Crippen molar-refractivity contribution < 1.29 is 4.74 Å². The molecule has 0 heterocycles. The lowest BCUT2D eigenvalue weighted by Crippen LogP contribution is -2.03. The van der Waals surface area contributed by atoms with Crippen LogP contribution in [0.25, 0.3) is 0 Å². The van der Waals surface area contributed by atoms with Crippen molar-refractivity contribution in [2.24, 2.45) is 0 Å². The molecule has 0 amide bonds. The van der Waals surface area contributed by atoms with Crippen molar-refractivity contribution in [2.45, 2.75) is 13.5 Å². The van der Waals surface area contributed by atoms with E-state index in [0.29, 0.717) is 28.2 Å². The molecule has 0 bridgehead atoms. The molecule has 0 saturated heterocycles. The van der Waals surface area contributed by atoms with Gasteiger partial charge in [-0.3, -0.25) is 0 Å². The van der Waals surface area contributed by atoms with Crippen LogP contribution in [0.5, 0.6) is 5.75 Å². The third-order valence-corrected chi connectivity index (χ3v) is 3.79. The molecule has 0 aliphatic carbocycles. The van der Waals surface area contributed by atoms with Crippen molar-refractivity contribution in [3.8, 4) is 5.75 Å². The van der Waals surface area contributed by atoms with Crippen molar-refractivity contribution in [3.63, 3.8) is 0 Å². The Kier molecular flexibility index (Phi) is 5.41. The molecule has 2 aromatic rings. The van der Waals surface area contributed by atoms with Crippen LogP contribution in [0.15, 0.2) is 36.4 Å². The molecule has 20 heavy (non-hydrogen) atoms. The zero-order chi connectivity index (χ0) is 14.5. The molecule has 0 fully saturated rings. The first kappa shape index (κ1) is 15.3. The number of rotatable bonds is 5. The number of hydrogen-bond donors (Lipinski definition) is 1. The predicted octanol–water partition coefficient (Wildman–Crippen LogP) is 5.66. The average Bonchev–Trinajstić information content (AvgIpc) is 2.43. The van der Waals surface area contributed by atoms with Gasteiger partial charge in [0.25, 0.3) is 0 Å². The summed E-state index contributed by atoms with van der Waals surface area (Å²) >= 11 is 18.0. The molecule has 0 aromatic heterocycles. The molecule has 0 saturated carbocycles. The van der Waals surface area contributed by atoms with Gasteiger partial charge in [-0.2, -0.15) is 0 Å². The van der Waals surface area contributed by atoms with Gasteiger partial charge in [-0.1, -0.05) is 53.0 Å². The van der Waals surface area contributed by atoms with Gasteiger partial charge in [0.15, 0.2) is 0 Å². The quantitative estimate of drug-likeness (QED) is 0.714. The molecule has 0 atom stereocenters. The predicted molar refractivity (Wildman–Crippen MR) is 86.4 cm³/mol. The number of hydrogen-bond acceptors (Lipinski definition) is 2. The van der Waals surface area contributed by atoms with E-state index in [2.05, 4.69) is 5.32 Å². The highest BCUT2D eigenvalue weighted by molar-refractivity contribution is 6.44. The van der Waals surface area contributed by atoms with Crippen LogP contribution in [0, 0.1) is 0 Å². The Bertz CT molecular complexity index is 602. The van der Waals surface area contributed by atoms with Crippen LogP contribution in [0.1, 0.15) is 12.5 Å². The third-order valence-electron chi connectivity index (χ3n) is 2.75. The topological polar surface area (TPSA) is 21.3 Å². The normalized spacial score (nSPS) is 10.4. The van der Waals surface area contributed by atoms with Gasteiger partial charge in [0.1, 0.15) is 5.75 Å². The van der Waals surface area contributed by atoms with Crippen molar-refractivity contribution in [1.29, 1.82) is 0 Å². The molecular formula is C15H14Cl3NO. The summed E-state index contributed by atoms with van der Waals surface area (Å²) in [5.74, 6) is 0.860. The number of para-hydroxylation sites is 1.